The Morgan fingerprint density at radius 3 is 0.966 bits per heavy atom. The highest BCUT2D eigenvalue weighted by atomic mass is 28.6. The molecule has 0 aliphatic carbocycles. The van der Waals surface area contributed by atoms with E-state index in [9.17, 15) is 38.4 Å². The highest BCUT2D eigenvalue weighted by molar-refractivity contribution is 7.03. The lowest BCUT2D eigenvalue weighted by Gasteiger charge is -2.72. The van der Waals surface area contributed by atoms with Crippen LogP contribution in [0.5, 0.6) is 0 Å². The first-order chi connectivity index (χ1) is 13.0. The van der Waals surface area contributed by atoms with Crippen molar-refractivity contribution < 1.29 is 88.4 Å². The zero-order valence-electron chi connectivity index (χ0n) is 12.7. The second kappa shape index (κ2) is 5.04. The van der Waals surface area contributed by atoms with Crippen molar-refractivity contribution in [1.29, 1.82) is 0 Å². The number of rotatable bonds is 0. The van der Waals surface area contributed by atoms with Crippen LogP contribution in [0, 0.1) is 0 Å². The van der Waals surface area contributed by atoms with Crippen molar-refractivity contribution in [3.63, 3.8) is 0 Å². The van der Waals surface area contributed by atoms with Gasteiger partial charge in [0.25, 0.3) is 17.6 Å². The van der Waals surface area contributed by atoms with E-state index in [4.69, 9.17) is 0 Å². The van der Waals surface area contributed by atoms with Gasteiger partial charge >= 0.3 is 54.3 Å². The van der Waals surface area contributed by atoms with E-state index < -0.39 is 76.9 Å². The van der Waals surface area contributed by atoms with Gasteiger partial charge in [-0.15, -0.1) is 0 Å². The first kappa shape index (κ1) is 20.5. The Morgan fingerprint density at radius 1 is 0.345 bits per heavy atom. The standard InChI is InChI=1S/CO20Si8/c2-22-1-10-24(4)15-26(6,13-22)19-28(8)18-25(5,11-1)16-27(7,14-23(1,3)12-22)20-29(9,17-24)21-28/q-8. The highest BCUT2D eigenvalue weighted by Gasteiger charge is 2.83. The van der Waals surface area contributed by atoms with Gasteiger partial charge in [0.05, 0.1) is 0 Å². The third kappa shape index (κ3) is 2.54. The predicted octanol–water partition coefficient (Wildman–Crippen LogP) is -13.6. The molecule has 8 atom stereocenters. The molecule has 5 aliphatic rings. The second-order valence-corrected chi connectivity index (χ2v) is 24.6. The highest BCUT2D eigenvalue weighted by Crippen LogP contribution is 2.53. The summed E-state index contributed by atoms with van der Waals surface area (Å²) in [6, 6.07) is 0. The van der Waals surface area contributed by atoms with Gasteiger partial charge in [0.1, 0.15) is 0 Å². The zero-order valence-corrected chi connectivity index (χ0v) is 20.7. The minimum absolute atomic E-state index is 3.69. The van der Waals surface area contributed by atoms with E-state index in [2.05, 4.69) is 50.0 Å². The molecule has 28 heteroatoms. The molecule has 0 aromatic carbocycles. The summed E-state index contributed by atoms with van der Waals surface area (Å²) in [6.45, 7) is 0. The molecule has 29 heavy (non-hydrogen) atoms. The molecule has 8 unspecified atom stereocenters. The van der Waals surface area contributed by atoms with Gasteiger partial charge in [-0.1, -0.05) is 0 Å². The van der Waals surface area contributed by atoms with Crippen molar-refractivity contribution in [2.45, 2.75) is 5.03 Å². The maximum Gasteiger partial charge on any atom is 0.397 e. The maximum atomic E-state index is 13.1. The molecule has 5 rings (SSSR count). The van der Waals surface area contributed by atoms with Crippen molar-refractivity contribution in [1.82, 2.24) is 0 Å². The van der Waals surface area contributed by atoms with Gasteiger partial charge in [-0.25, -0.2) is 0 Å². The molecule has 5 aliphatic heterocycles. The van der Waals surface area contributed by atoms with Gasteiger partial charge in [0, 0.05) is 0 Å². The average molecular weight is 557 g/mol. The van der Waals surface area contributed by atoms with Crippen LogP contribution in [0.3, 0.4) is 0 Å². The van der Waals surface area contributed by atoms with E-state index in [0.29, 0.717) is 0 Å². The SMILES string of the molecule is [O-][Si]12OC34O[Si]5([O-])O[Si]6([O-])O[Si]([O-])(O1)O[Si]([O-])(O5)O[Si]3([O-])O[Si]4([O-])O[Si]([O-])(O2)O6. The average Bonchev–Trinajstić information content (AvgIpc) is 2.44. The fourth-order valence-electron chi connectivity index (χ4n) is 3.03. The van der Waals surface area contributed by atoms with Gasteiger partial charge in [0.2, 0.25) is 5.03 Å². The molecule has 6 bridgehead atoms. The molecule has 0 N–H and O–H groups in total. The van der Waals surface area contributed by atoms with E-state index >= 15 is 0 Å². The van der Waals surface area contributed by atoms with Gasteiger partial charge in [-0.2, -0.15) is 0 Å². The normalized spacial score (nSPS) is 70.3. The van der Waals surface area contributed by atoms with Crippen LogP contribution in [0.15, 0.2) is 0 Å². The Kier molecular flexibility index (Phi) is 3.57. The lowest BCUT2D eigenvalue weighted by Crippen LogP contribution is -3.02. The molecule has 0 amide bonds. The summed E-state index contributed by atoms with van der Waals surface area (Å²) in [5, 5.41) is -3.69. The first-order valence-corrected chi connectivity index (χ1v) is 20.3. The molecule has 5 heterocycles. The van der Waals surface area contributed by atoms with Crippen LogP contribution >= 0.6 is 0 Å². The topological polar surface area (TPSA) is 295 Å². The van der Waals surface area contributed by atoms with Crippen molar-refractivity contribution in [3.05, 3.63) is 0 Å². The van der Waals surface area contributed by atoms with E-state index in [0.717, 1.165) is 0 Å². The third-order valence-electron chi connectivity index (χ3n) is 3.88. The monoisotopic (exact) mass is 556 g/mol. The number of hydrogen-bond acceptors (Lipinski definition) is 20. The quantitative estimate of drug-likeness (QED) is 0.250. The zero-order chi connectivity index (χ0) is 21.0. The minimum atomic E-state index is -6.13. The van der Waals surface area contributed by atoms with Crippen LogP contribution in [0.25, 0.3) is 0 Å². The van der Waals surface area contributed by atoms with Gasteiger partial charge in [0.15, 0.2) is 0 Å². The Bertz CT molecular complexity index is 762. The van der Waals surface area contributed by atoms with Crippen LogP contribution in [0.1, 0.15) is 0 Å². The summed E-state index contributed by atoms with van der Waals surface area (Å²) in [6.07, 6.45) is 0. The van der Waals surface area contributed by atoms with E-state index in [1.807, 2.05) is 0 Å². The molecule has 5 saturated heterocycles. The van der Waals surface area contributed by atoms with Crippen molar-refractivity contribution in [2.75, 3.05) is 0 Å². The van der Waals surface area contributed by atoms with Crippen LogP contribution < -0.4 is 38.4 Å². The van der Waals surface area contributed by atoms with Crippen molar-refractivity contribution >= 4 is 71.9 Å². The second-order valence-electron chi connectivity index (χ2n) is 5.95. The van der Waals surface area contributed by atoms with Crippen LogP contribution in [-0.4, -0.2) is 76.9 Å². The van der Waals surface area contributed by atoms with Crippen LogP contribution in [0.4, 0.5) is 0 Å². The fraction of sp³-hybridized carbons (Fsp3) is 1.00. The summed E-state index contributed by atoms with van der Waals surface area (Å²) >= 11 is 0. The summed E-state index contributed by atoms with van der Waals surface area (Å²) < 4.78 is 53.6. The summed E-state index contributed by atoms with van der Waals surface area (Å²) in [4.78, 5) is 103. The molecule has 20 nitrogen and oxygen atoms in total. The smallest absolute Gasteiger partial charge is 0.397 e. The Hall–Kier alpha value is 0.935. The molecule has 0 saturated carbocycles. The predicted molar refractivity (Wildman–Crippen MR) is 61.8 cm³/mol. The Morgan fingerprint density at radius 2 is 0.621 bits per heavy atom. The summed E-state index contributed by atoms with van der Waals surface area (Å²) in [7, 11) is -48.3. The van der Waals surface area contributed by atoms with Gasteiger partial charge < -0.3 is 88.4 Å². The summed E-state index contributed by atoms with van der Waals surface area (Å²) in [5.41, 5.74) is 0. The molecule has 0 aromatic heterocycles. The van der Waals surface area contributed by atoms with E-state index in [1.54, 1.807) is 0 Å². The molecule has 1 spiro atoms. The number of fused-ring (bicyclic) bond motifs is 6. The van der Waals surface area contributed by atoms with Crippen molar-refractivity contribution in [2.24, 2.45) is 0 Å². The molecular weight excluding hydrogens is 557 g/mol. The Balaban J connectivity index is 1.71. The Labute approximate surface area is 165 Å². The molecule has 5 fully saturated rings. The molecule has 164 valence electrons. The van der Waals surface area contributed by atoms with Gasteiger partial charge in [-0.05, 0) is 0 Å². The summed E-state index contributed by atoms with van der Waals surface area (Å²) in [5.74, 6) is 0. The maximum absolute atomic E-state index is 13.1. The molecule has 0 aromatic rings. The first-order valence-electron chi connectivity index (χ1n) is 7.03. The largest absolute Gasteiger partial charge is 0.814 e. The molecule has 0 radical (unpaired) electrons. The van der Waals surface area contributed by atoms with Crippen LogP contribution in [0.2, 0.25) is 0 Å². The lowest BCUT2D eigenvalue weighted by atomic mass is 11.4. The molecular formula is CO20Si8-8. The van der Waals surface area contributed by atoms with E-state index in [-0.39, 0.29) is 0 Å². The van der Waals surface area contributed by atoms with Crippen molar-refractivity contribution in [3.8, 4) is 0 Å². The lowest BCUT2D eigenvalue weighted by molar-refractivity contribution is -0.417. The minimum Gasteiger partial charge on any atom is -0.814 e. The number of hydrogen-bond donors (Lipinski definition) is 0. The van der Waals surface area contributed by atoms with E-state index in [1.165, 1.54) is 0 Å². The fourth-order valence-corrected chi connectivity index (χ4v) is 33.6. The van der Waals surface area contributed by atoms with Crippen LogP contribution in [-0.2, 0) is 50.0 Å². The third-order valence-corrected chi connectivity index (χ3v) is 29.9. The van der Waals surface area contributed by atoms with Gasteiger partial charge in [-0.3, -0.25) is 0 Å².